The summed E-state index contributed by atoms with van der Waals surface area (Å²) in [5.74, 6) is 6.05. The highest BCUT2D eigenvalue weighted by atomic mass is 35.5. The summed E-state index contributed by atoms with van der Waals surface area (Å²) < 4.78 is 14.8. The molecule has 10 nitrogen and oxygen atoms in total. The first-order valence-electron chi connectivity index (χ1n) is 14.5. The number of aryl methyl sites for hydroxylation is 1. The quantitative estimate of drug-likeness (QED) is 0.237. The third-order valence-corrected chi connectivity index (χ3v) is 9.22. The predicted octanol–water partition coefficient (Wildman–Crippen LogP) is 5.13. The first kappa shape index (κ1) is 31.1. The number of hydrogen-bond acceptors (Lipinski definition) is 9. The van der Waals surface area contributed by atoms with E-state index in [0.29, 0.717) is 82.7 Å². The number of carbonyl (C=O) groups is 1. The van der Waals surface area contributed by atoms with Crippen LogP contribution >= 0.6 is 22.9 Å². The summed E-state index contributed by atoms with van der Waals surface area (Å²) in [4.78, 5) is 43.1. The van der Waals surface area contributed by atoms with Gasteiger partial charge in [0.05, 0.1) is 46.1 Å². The SMILES string of the molecule is Cc1nc2cnc(N3CCN(CCCF)CC3)c(C#N)c2c(=O)n1CC#Cc1ccc(Cl)cc1-c1ccnc2c(C(=O)O)csc12. The molecule has 0 bridgehead atoms. The fourth-order valence-corrected chi connectivity index (χ4v) is 6.87. The number of carboxylic acids is 1. The smallest absolute Gasteiger partial charge is 0.338 e. The van der Waals surface area contributed by atoms with Gasteiger partial charge in [-0.15, -0.1) is 11.3 Å². The molecule has 1 aliphatic rings. The maximum Gasteiger partial charge on any atom is 0.338 e. The molecular formula is C33H27ClFN7O3S. The Hall–Kier alpha value is -4.88. The maximum absolute atomic E-state index is 13.9. The van der Waals surface area contributed by atoms with Crippen molar-refractivity contribution in [3.63, 3.8) is 0 Å². The molecule has 1 aliphatic heterocycles. The molecule has 5 heterocycles. The Labute approximate surface area is 272 Å². The van der Waals surface area contributed by atoms with Crippen LogP contribution in [0.4, 0.5) is 10.2 Å². The van der Waals surface area contributed by atoms with Crippen molar-refractivity contribution in [1.29, 1.82) is 5.26 Å². The molecule has 1 fully saturated rings. The van der Waals surface area contributed by atoms with Crippen molar-refractivity contribution >= 4 is 55.8 Å². The lowest BCUT2D eigenvalue weighted by Crippen LogP contribution is -2.47. The van der Waals surface area contributed by atoms with Crippen LogP contribution in [0.25, 0.3) is 32.2 Å². The van der Waals surface area contributed by atoms with E-state index >= 15 is 0 Å². The van der Waals surface area contributed by atoms with Crippen LogP contribution in [0.5, 0.6) is 0 Å². The highest BCUT2D eigenvalue weighted by Gasteiger charge is 2.24. The average Bonchev–Trinajstić information content (AvgIpc) is 3.50. The van der Waals surface area contributed by atoms with Crippen LogP contribution in [0.2, 0.25) is 5.02 Å². The van der Waals surface area contributed by atoms with Crippen molar-refractivity contribution in [3.05, 3.63) is 79.9 Å². The summed E-state index contributed by atoms with van der Waals surface area (Å²) >= 11 is 7.65. The summed E-state index contributed by atoms with van der Waals surface area (Å²) in [6.45, 7) is 4.68. The number of pyridine rings is 2. The predicted molar refractivity (Wildman–Crippen MR) is 176 cm³/mol. The molecule has 0 saturated carbocycles. The third kappa shape index (κ3) is 5.90. The minimum atomic E-state index is -1.05. The zero-order chi connectivity index (χ0) is 32.4. The number of rotatable bonds is 7. The molecule has 0 radical (unpaired) electrons. The number of nitriles is 1. The molecule has 4 aromatic heterocycles. The maximum atomic E-state index is 13.9. The lowest BCUT2D eigenvalue weighted by molar-refractivity contribution is 0.0699. The summed E-state index contributed by atoms with van der Waals surface area (Å²) in [7, 11) is 0. The van der Waals surface area contributed by atoms with Crippen LogP contribution in [0.15, 0.2) is 46.8 Å². The van der Waals surface area contributed by atoms with E-state index in [1.54, 1.807) is 42.8 Å². The van der Waals surface area contributed by atoms with Gasteiger partial charge in [0.15, 0.2) is 0 Å². The largest absolute Gasteiger partial charge is 0.478 e. The van der Waals surface area contributed by atoms with E-state index in [9.17, 15) is 24.3 Å². The van der Waals surface area contributed by atoms with Gasteiger partial charge < -0.3 is 10.0 Å². The van der Waals surface area contributed by atoms with Crippen molar-refractivity contribution in [2.45, 2.75) is 19.9 Å². The summed E-state index contributed by atoms with van der Waals surface area (Å²) in [6, 6.07) is 9.25. The van der Waals surface area contributed by atoms with Crippen molar-refractivity contribution in [2.24, 2.45) is 0 Å². The van der Waals surface area contributed by atoms with Gasteiger partial charge in [-0.1, -0.05) is 23.4 Å². The zero-order valence-corrected chi connectivity index (χ0v) is 26.3. The molecule has 13 heteroatoms. The minimum absolute atomic E-state index is 0.0133. The molecule has 6 rings (SSSR count). The number of aromatic carboxylic acids is 1. The van der Waals surface area contributed by atoms with E-state index in [-0.39, 0.29) is 35.3 Å². The average molecular weight is 656 g/mol. The summed E-state index contributed by atoms with van der Waals surface area (Å²) in [5.41, 5.74) is 2.73. The molecule has 0 unspecified atom stereocenters. The molecule has 1 N–H and O–H groups in total. The second-order valence-electron chi connectivity index (χ2n) is 10.7. The first-order valence-corrected chi connectivity index (χ1v) is 15.8. The Balaban J connectivity index is 1.34. The van der Waals surface area contributed by atoms with Crippen LogP contribution in [-0.4, -0.2) is 74.9 Å². The summed E-state index contributed by atoms with van der Waals surface area (Å²) in [6.07, 6.45) is 3.57. The van der Waals surface area contributed by atoms with Crippen LogP contribution < -0.4 is 10.5 Å². The van der Waals surface area contributed by atoms with Gasteiger partial charge in [-0.2, -0.15) is 5.26 Å². The topological polar surface area (TPSA) is 128 Å². The van der Waals surface area contributed by atoms with Gasteiger partial charge in [0, 0.05) is 66.0 Å². The highest BCUT2D eigenvalue weighted by molar-refractivity contribution is 7.18. The van der Waals surface area contributed by atoms with Crippen molar-refractivity contribution in [3.8, 4) is 29.0 Å². The molecule has 0 aliphatic carbocycles. The van der Waals surface area contributed by atoms with Gasteiger partial charge in [-0.25, -0.2) is 14.8 Å². The molecule has 232 valence electrons. The second kappa shape index (κ2) is 13.2. The van der Waals surface area contributed by atoms with E-state index < -0.39 is 5.97 Å². The number of alkyl halides is 1. The number of piperazine rings is 1. The van der Waals surface area contributed by atoms with E-state index in [2.05, 4.69) is 37.8 Å². The van der Waals surface area contributed by atoms with Crippen LogP contribution in [0.1, 0.15) is 33.7 Å². The van der Waals surface area contributed by atoms with Crippen LogP contribution in [0, 0.1) is 30.1 Å². The molecule has 5 aromatic rings. The lowest BCUT2D eigenvalue weighted by atomic mass is 10.00. The van der Waals surface area contributed by atoms with Crippen LogP contribution in [0.3, 0.4) is 0 Å². The van der Waals surface area contributed by atoms with E-state index in [1.807, 2.05) is 4.90 Å². The molecule has 1 saturated heterocycles. The van der Waals surface area contributed by atoms with Gasteiger partial charge in [0.1, 0.15) is 23.3 Å². The zero-order valence-electron chi connectivity index (χ0n) is 24.8. The molecule has 0 spiro atoms. The number of benzene rings is 1. The fraction of sp³-hybridized carbons (Fsp3) is 0.273. The monoisotopic (exact) mass is 655 g/mol. The van der Waals surface area contributed by atoms with Crippen molar-refractivity contribution in [2.75, 3.05) is 44.3 Å². The van der Waals surface area contributed by atoms with E-state index in [4.69, 9.17) is 11.6 Å². The van der Waals surface area contributed by atoms with Crippen molar-refractivity contribution in [1.82, 2.24) is 24.4 Å². The molecule has 0 amide bonds. The molecule has 0 atom stereocenters. The number of hydrogen-bond donors (Lipinski definition) is 1. The van der Waals surface area contributed by atoms with E-state index in [0.717, 1.165) is 5.56 Å². The Bertz CT molecular complexity index is 2160. The lowest BCUT2D eigenvalue weighted by Gasteiger charge is -2.35. The fourth-order valence-electron chi connectivity index (χ4n) is 5.67. The van der Waals surface area contributed by atoms with Gasteiger partial charge in [0.2, 0.25) is 0 Å². The Morgan fingerprint density at radius 2 is 1.98 bits per heavy atom. The van der Waals surface area contributed by atoms with E-state index in [1.165, 1.54) is 22.1 Å². The summed E-state index contributed by atoms with van der Waals surface area (Å²) in [5, 5.41) is 22.0. The molecule has 1 aromatic carbocycles. The van der Waals surface area contributed by atoms with Gasteiger partial charge >= 0.3 is 5.97 Å². The minimum Gasteiger partial charge on any atom is -0.478 e. The number of thiophene rings is 1. The Kier molecular flexibility index (Phi) is 8.95. The van der Waals surface area contributed by atoms with Crippen molar-refractivity contribution < 1.29 is 14.3 Å². The third-order valence-electron chi connectivity index (χ3n) is 7.98. The number of anilines is 1. The Morgan fingerprint density at radius 3 is 2.72 bits per heavy atom. The number of halogens is 2. The number of fused-ring (bicyclic) bond motifs is 2. The number of carboxylic acid groups (broad SMARTS) is 1. The molecule has 46 heavy (non-hydrogen) atoms. The number of aromatic nitrogens is 4. The van der Waals surface area contributed by atoms with Crippen LogP contribution in [-0.2, 0) is 6.54 Å². The van der Waals surface area contributed by atoms with Gasteiger partial charge in [-0.3, -0.25) is 23.6 Å². The normalized spacial score (nSPS) is 13.5. The highest BCUT2D eigenvalue weighted by Crippen LogP contribution is 2.36. The first-order chi connectivity index (χ1) is 22.3. The standard InChI is InChI=1S/C33H27ClFN7O3S/c1-20-39-27-18-38-31(41-14-12-40(13-15-41)10-3-8-35)25(17-36)28(27)32(43)42(20)11-2-4-21-5-6-22(34)16-24(21)23-7-9-37-29-26(33(44)45)19-46-30(23)29/h5-7,9,16,18-19H,3,8,10-15H2,1H3,(H,44,45). The van der Waals surface area contributed by atoms with Gasteiger partial charge in [0.25, 0.3) is 5.56 Å². The second-order valence-corrected chi connectivity index (χ2v) is 12.0. The molecular weight excluding hydrogens is 629 g/mol. The Morgan fingerprint density at radius 1 is 1.17 bits per heavy atom. The van der Waals surface area contributed by atoms with Gasteiger partial charge in [-0.05, 0) is 37.6 Å². The number of nitrogens with zero attached hydrogens (tertiary/aromatic N) is 7.